The SMILES string of the molecule is COc1cc(C(NN)c2ccc(Cl)s2)cc(Cl)c1OC. The average molecular weight is 333 g/mol. The van der Waals surface area contributed by atoms with Gasteiger partial charge in [0.2, 0.25) is 0 Å². The Morgan fingerprint density at radius 2 is 1.95 bits per heavy atom. The third-order valence-electron chi connectivity index (χ3n) is 2.83. The molecule has 1 unspecified atom stereocenters. The van der Waals surface area contributed by atoms with Crippen LogP contribution < -0.4 is 20.7 Å². The Morgan fingerprint density at radius 1 is 1.20 bits per heavy atom. The smallest absolute Gasteiger partial charge is 0.179 e. The lowest BCUT2D eigenvalue weighted by Crippen LogP contribution is -2.28. The van der Waals surface area contributed by atoms with Crippen molar-refractivity contribution in [3.63, 3.8) is 0 Å². The van der Waals surface area contributed by atoms with Gasteiger partial charge in [0.25, 0.3) is 0 Å². The summed E-state index contributed by atoms with van der Waals surface area (Å²) in [6.45, 7) is 0. The number of ether oxygens (including phenoxy) is 2. The topological polar surface area (TPSA) is 56.5 Å². The van der Waals surface area contributed by atoms with Crippen molar-refractivity contribution in [2.45, 2.75) is 6.04 Å². The molecule has 3 N–H and O–H groups in total. The van der Waals surface area contributed by atoms with Crippen LogP contribution in [0.15, 0.2) is 24.3 Å². The lowest BCUT2D eigenvalue weighted by molar-refractivity contribution is 0.354. The van der Waals surface area contributed by atoms with E-state index in [1.54, 1.807) is 20.3 Å². The minimum Gasteiger partial charge on any atom is -0.493 e. The van der Waals surface area contributed by atoms with Crippen molar-refractivity contribution in [3.8, 4) is 11.5 Å². The standard InChI is InChI=1S/C13H14Cl2N2O2S/c1-18-9-6-7(5-8(14)13(9)19-2)12(17-16)10-3-4-11(15)20-10/h3-6,12,17H,16H2,1-2H3. The molecule has 0 aliphatic heterocycles. The first-order chi connectivity index (χ1) is 9.60. The number of hydrogen-bond acceptors (Lipinski definition) is 5. The number of nitrogens with one attached hydrogen (secondary N) is 1. The molecule has 0 bridgehead atoms. The van der Waals surface area contributed by atoms with Crippen molar-refractivity contribution in [1.29, 1.82) is 0 Å². The van der Waals surface area contributed by atoms with Gasteiger partial charge in [0, 0.05) is 4.88 Å². The van der Waals surface area contributed by atoms with Gasteiger partial charge in [0.05, 0.1) is 29.6 Å². The summed E-state index contributed by atoms with van der Waals surface area (Å²) in [7, 11) is 3.10. The fraction of sp³-hybridized carbons (Fsp3) is 0.231. The maximum Gasteiger partial charge on any atom is 0.179 e. The summed E-state index contributed by atoms with van der Waals surface area (Å²) < 4.78 is 11.2. The average Bonchev–Trinajstić information content (AvgIpc) is 2.85. The molecule has 0 amide bonds. The summed E-state index contributed by atoms with van der Waals surface area (Å²) >= 11 is 13.6. The van der Waals surface area contributed by atoms with Crippen LogP contribution in [0, 0.1) is 0 Å². The quantitative estimate of drug-likeness (QED) is 0.648. The zero-order valence-electron chi connectivity index (χ0n) is 10.9. The predicted octanol–water partition coefficient (Wildman–Crippen LogP) is 3.62. The van der Waals surface area contributed by atoms with Gasteiger partial charge in [-0.25, -0.2) is 5.43 Å². The Balaban J connectivity index is 2.47. The van der Waals surface area contributed by atoms with Crippen LogP contribution in [0.25, 0.3) is 0 Å². The summed E-state index contributed by atoms with van der Waals surface area (Å²) in [5.41, 5.74) is 3.63. The normalized spacial score (nSPS) is 12.2. The van der Waals surface area contributed by atoms with E-state index in [2.05, 4.69) is 5.43 Å². The van der Waals surface area contributed by atoms with E-state index in [0.717, 1.165) is 10.4 Å². The fourth-order valence-electron chi connectivity index (χ4n) is 1.93. The Kier molecular flexibility index (Phi) is 5.12. The van der Waals surface area contributed by atoms with Gasteiger partial charge in [0.15, 0.2) is 11.5 Å². The largest absolute Gasteiger partial charge is 0.493 e. The molecule has 1 aromatic carbocycles. The van der Waals surface area contributed by atoms with Crippen LogP contribution in [0.1, 0.15) is 16.5 Å². The van der Waals surface area contributed by atoms with E-state index in [9.17, 15) is 0 Å². The summed E-state index contributed by atoms with van der Waals surface area (Å²) in [6.07, 6.45) is 0. The molecule has 0 spiro atoms. The zero-order valence-corrected chi connectivity index (χ0v) is 13.3. The highest BCUT2D eigenvalue weighted by molar-refractivity contribution is 7.16. The molecular formula is C13H14Cl2N2O2S. The molecule has 0 saturated carbocycles. The monoisotopic (exact) mass is 332 g/mol. The van der Waals surface area contributed by atoms with Crippen molar-refractivity contribution in [2.75, 3.05) is 14.2 Å². The third-order valence-corrected chi connectivity index (χ3v) is 4.41. The second kappa shape index (κ2) is 6.65. The number of halogens is 2. The lowest BCUT2D eigenvalue weighted by Gasteiger charge is -2.18. The van der Waals surface area contributed by atoms with Gasteiger partial charge in [-0.2, -0.15) is 0 Å². The van der Waals surface area contributed by atoms with E-state index in [-0.39, 0.29) is 6.04 Å². The maximum absolute atomic E-state index is 6.21. The first kappa shape index (κ1) is 15.4. The van der Waals surface area contributed by atoms with Crippen LogP contribution >= 0.6 is 34.5 Å². The first-order valence-corrected chi connectivity index (χ1v) is 7.30. The van der Waals surface area contributed by atoms with Crippen molar-refractivity contribution in [2.24, 2.45) is 5.84 Å². The predicted molar refractivity (Wildman–Crippen MR) is 83.1 cm³/mol. The highest BCUT2D eigenvalue weighted by atomic mass is 35.5. The molecule has 0 saturated heterocycles. The second-order valence-corrected chi connectivity index (χ2v) is 6.13. The number of hydrazine groups is 1. The van der Waals surface area contributed by atoms with Crippen LogP contribution in [0.5, 0.6) is 11.5 Å². The molecule has 108 valence electrons. The van der Waals surface area contributed by atoms with Gasteiger partial charge in [-0.1, -0.05) is 23.2 Å². The molecule has 0 radical (unpaired) electrons. The molecule has 1 aromatic heterocycles. The third kappa shape index (κ3) is 3.02. The van der Waals surface area contributed by atoms with Gasteiger partial charge >= 0.3 is 0 Å². The van der Waals surface area contributed by atoms with Crippen LogP contribution in [0.3, 0.4) is 0 Å². The highest BCUT2D eigenvalue weighted by Gasteiger charge is 2.19. The number of nitrogens with two attached hydrogens (primary N) is 1. The lowest BCUT2D eigenvalue weighted by atomic mass is 10.1. The molecule has 4 nitrogen and oxygen atoms in total. The van der Waals surface area contributed by atoms with E-state index in [4.69, 9.17) is 38.5 Å². The van der Waals surface area contributed by atoms with Gasteiger partial charge in [-0.05, 0) is 29.8 Å². The Bertz CT molecular complexity index is 604. The van der Waals surface area contributed by atoms with Gasteiger partial charge in [0.1, 0.15) is 0 Å². The van der Waals surface area contributed by atoms with Crippen LogP contribution in [0.2, 0.25) is 9.36 Å². The number of hydrogen-bond donors (Lipinski definition) is 2. The van der Waals surface area contributed by atoms with Gasteiger partial charge in [-0.3, -0.25) is 5.84 Å². The summed E-state index contributed by atoms with van der Waals surface area (Å²) in [4.78, 5) is 0.987. The van der Waals surface area contributed by atoms with Gasteiger partial charge in [-0.15, -0.1) is 11.3 Å². The first-order valence-electron chi connectivity index (χ1n) is 5.73. The molecule has 20 heavy (non-hydrogen) atoms. The molecule has 0 aliphatic carbocycles. The minimum absolute atomic E-state index is 0.218. The second-order valence-electron chi connectivity index (χ2n) is 3.98. The van der Waals surface area contributed by atoms with Crippen LogP contribution in [-0.4, -0.2) is 14.2 Å². The Morgan fingerprint density at radius 3 is 2.45 bits per heavy atom. The number of thiophene rings is 1. The van der Waals surface area contributed by atoms with Crippen LogP contribution in [0.4, 0.5) is 0 Å². The van der Waals surface area contributed by atoms with E-state index >= 15 is 0 Å². The molecule has 0 aliphatic rings. The molecule has 2 aromatic rings. The fourth-order valence-corrected chi connectivity index (χ4v) is 3.38. The molecule has 0 fully saturated rings. The van der Waals surface area contributed by atoms with E-state index in [1.807, 2.05) is 18.2 Å². The van der Waals surface area contributed by atoms with E-state index in [0.29, 0.717) is 20.9 Å². The molecule has 1 atom stereocenters. The Labute approximate surface area is 131 Å². The highest BCUT2D eigenvalue weighted by Crippen LogP contribution is 2.40. The van der Waals surface area contributed by atoms with Crippen molar-refractivity contribution < 1.29 is 9.47 Å². The zero-order chi connectivity index (χ0) is 14.7. The van der Waals surface area contributed by atoms with Crippen molar-refractivity contribution in [3.05, 3.63) is 44.1 Å². The molecule has 1 heterocycles. The summed E-state index contributed by atoms with van der Waals surface area (Å²) in [5.74, 6) is 6.71. The van der Waals surface area contributed by atoms with Crippen molar-refractivity contribution in [1.82, 2.24) is 5.43 Å². The Hall–Kier alpha value is -0.980. The number of methoxy groups -OCH3 is 2. The maximum atomic E-state index is 6.21. The van der Waals surface area contributed by atoms with E-state index in [1.165, 1.54) is 11.3 Å². The van der Waals surface area contributed by atoms with Crippen molar-refractivity contribution >= 4 is 34.5 Å². The summed E-state index contributed by atoms with van der Waals surface area (Å²) in [5, 5.41) is 0.463. The molecule has 2 rings (SSSR count). The van der Waals surface area contributed by atoms with E-state index < -0.39 is 0 Å². The van der Waals surface area contributed by atoms with Gasteiger partial charge < -0.3 is 9.47 Å². The molecule has 7 heteroatoms. The van der Waals surface area contributed by atoms with Crippen LogP contribution in [-0.2, 0) is 0 Å². The summed E-state index contributed by atoms with van der Waals surface area (Å²) in [6, 6.07) is 7.16. The number of rotatable bonds is 5. The number of benzene rings is 1. The minimum atomic E-state index is -0.218. The molecular weight excluding hydrogens is 319 g/mol.